The first kappa shape index (κ1) is 79.8. The molecule has 0 aliphatic carbocycles. The standard InChI is InChI=1S/3C43H25N3O/c1-44-28-21-22-30(40(24-28)46-38-18-7-2-13-31(38)32-14-3-8-19-39(32)46)27-11-10-12-29(23-27)45-37-17-6-4-15-33(37)35-26-43-36(25-41(35)45)34-16-5-9-20-42(34)47-43;44-26-28-12-10-21-38(46-35-18-5-1-14-30(35)31-15-2-6-19-36(31)46)41(28)27-11-9-13-29(25-27)45-37-20-7-3-17-34(37)42-39(45)24-23-33-32-16-4-8-22-40(32)47-43(33)42;44-26-27-20-21-38(46-35-16-5-1-12-30(35)31-13-2-6-17-36(31)46)34(24-27)28-10-9-11-29(25-28)45-37-18-7-3-14-32(37)42-39(45)22-23-41-43(42)33-15-4-8-19-40(33)47-41/h2-26H;2*1-25H. The van der Waals surface area contributed by atoms with E-state index in [9.17, 15) is 10.5 Å². The molecule has 0 amide bonds. The summed E-state index contributed by atoms with van der Waals surface area (Å²) in [5.41, 5.74) is 32.9. The number of nitrogens with zero attached hydrogens (tertiary/aromatic N) is 9. The largest absolute Gasteiger partial charge is 0.456 e. The Hall–Kier alpha value is -19.7. The molecule has 0 aliphatic heterocycles. The van der Waals surface area contributed by atoms with E-state index in [0.29, 0.717) is 16.8 Å². The molecule has 0 bridgehead atoms. The molecule has 0 spiro atoms. The third-order valence-corrected chi connectivity index (χ3v) is 28.6. The van der Waals surface area contributed by atoms with Gasteiger partial charge in [-0.2, -0.15) is 10.5 Å². The molecular formula is C129H75N9O3. The van der Waals surface area contributed by atoms with Gasteiger partial charge in [0.15, 0.2) is 5.69 Å². The first-order chi connectivity index (χ1) is 69.8. The topological polar surface area (TPSA) is 121 Å². The van der Waals surface area contributed by atoms with Crippen LogP contribution >= 0.6 is 0 Å². The molecule has 12 nitrogen and oxygen atoms in total. The molecule has 654 valence electrons. The number of fused-ring (bicyclic) bond motifs is 29. The summed E-state index contributed by atoms with van der Waals surface area (Å²) in [5.74, 6) is 0. The van der Waals surface area contributed by atoms with Gasteiger partial charge in [0.05, 0.1) is 113 Å². The molecular weight excluding hydrogens is 1720 g/mol. The van der Waals surface area contributed by atoms with Gasteiger partial charge >= 0.3 is 0 Å². The van der Waals surface area contributed by atoms with Crippen LogP contribution in [0.25, 0.3) is 269 Å². The van der Waals surface area contributed by atoms with Gasteiger partial charge in [0.2, 0.25) is 0 Å². The highest BCUT2D eigenvalue weighted by atomic mass is 16.3. The van der Waals surface area contributed by atoms with Crippen LogP contribution in [-0.4, -0.2) is 27.4 Å². The highest BCUT2D eigenvalue weighted by Crippen LogP contribution is 2.49. The molecule has 30 aromatic rings. The molecule has 141 heavy (non-hydrogen) atoms. The summed E-state index contributed by atoms with van der Waals surface area (Å²) < 4.78 is 33.1. The Balaban J connectivity index is 0.000000104. The molecule has 0 aliphatic rings. The summed E-state index contributed by atoms with van der Waals surface area (Å²) in [7, 11) is 0. The second kappa shape index (κ2) is 31.7. The number of para-hydroxylation sites is 12. The fraction of sp³-hybridized carbons (Fsp3) is 0. The van der Waals surface area contributed by atoms with Crippen LogP contribution in [0.1, 0.15) is 11.1 Å². The van der Waals surface area contributed by atoms with Crippen LogP contribution in [0.2, 0.25) is 0 Å². The van der Waals surface area contributed by atoms with E-state index >= 15 is 0 Å². The monoisotopic (exact) mass is 1800 g/mol. The molecule has 0 N–H and O–H groups in total. The Kier molecular flexibility index (Phi) is 18.0. The van der Waals surface area contributed by atoms with Gasteiger partial charge < -0.3 is 40.7 Å². The van der Waals surface area contributed by atoms with E-state index in [1.165, 1.54) is 48.5 Å². The van der Waals surface area contributed by atoms with Gasteiger partial charge in [-0.25, -0.2) is 4.85 Å². The lowest BCUT2D eigenvalue weighted by Crippen LogP contribution is -2.00. The minimum Gasteiger partial charge on any atom is -0.456 e. The lowest BCUT2D eigenvalue weighted by molar-refractivity contribution is 0.669. The van der Waals surface area contributed by atoms with Gasteiger partial charge in [-0.05, 0) is 199 Å². The number of nitriles is 2. The summed E-state index contributed by atoms with van der Waals surface area (Å²) in [5, 5.41) is 41.3. The van der Waals surface area contributed by atoms with Crippen molar-refractivity contribution >= 4 is 202 Å². The average Bonchev–Trinajstić information content (AvgIpc) is 1.56. The van der Waals surface area contributed by atoms with E-state index in [1.54, 1.807) is 0 Å². The maximum Gasteiger partial charge on any atom is 0.189 e. The Labute approximate surface area is 805 Å². The van der Waals surface area contributed by atoms with E-state index in [1.807, 2.05) is 72.8 Å². The van der Waals surface area contributed by atoms with Crippen molar-refractivity contribution in [3.8, 4) is 79.6 Å². The van der Waals surface area contributed by atoms with Crippen LogP contribution in [0.15, 0.2) is 468 Å². The average molecular weight is 1800 g/mol. The van der Waals surface area contributed by atoms with Crippen LogP contribution in [0.3, 0.4) is 0 Å². The number of furan rings is 3. The minimum atomic E-state index is 0.612. The fourth-order valence-electron chi connectivity index (χ4n) is 22.7. The lowest BCUT2D eigenvalue weighted by Gasteiger charge is -2.17. The van der Waals surface area contributed by atoms with E-state index in [0.717, 1.165) is 216 Å². The maximum atomic E-state index is 10.4. The van der Waals surface area contributed by atoms with Crippen molar-refractivity contribution in [1.29, 1.82) is 10.5 Å². The van der Waals surface area contributed by atoms with Crippen molar-refractivity contribution in [2.75, 3.05) is 0 Å². The van der Waals surface area contributed by atoms with Gasteiger partial charge in [-0.1, -0.05) is 273 Å². The summed E-state index contributed by atoms with van der Waals surface area (Å²) in [6.07, 6.45) is 0. The molecule has 9 heterocycles. The van der Waals surface area contributed by atoms with Crippen LogP contribution in [0.4, 0.5) is 5.69 Å². The van der Waals surface area contributed by atoms with Gasteiger partial charge in [0.25, 0.3) is 0 Å². The van der Waals surface area contributed by atoms with E-state index in [4.69, 9.17) is 19.8 Å². The first-order valence-electron chi connectivity index (χ1n) is 47.2. The number of benzene rings is 21. The Morgan fingerprint density at radius 3 is 1.16 bits per heavy atom. The van der Waals surface area contributed by atoms with Crippen molar-refractivity contribution in [2.24, 2.45) is 0 Å². The van der Waals surface area contributed by atoms with E-state index < -0.39 is 0 Å². The summed E-state index contributed by atoms with van der Waals surface area (Å²) in [6.45, 7) is 7.85. The first-order valence-corrected chi connectivity index (χ1v) is 47.2. The number of rotatable bonds is 9. The van der Waals surface area contributed by atoms with Gasteiger partial charge in [0.1, 0.15) is 33.5 Å². The minimum absolute atomic E-state index is 0.612. The highest BCUT2D eigenvalue weighted by molar-refractivity contribution is 6.29. The number of aromatic nitrogens is 6. The van der Waals surface area contributed by atoms with E-state index in [-0.39, 0.29) is 0 Å². The summed E-state index contributed by atoms with van der Waals surface area (Å²) in [6, 6.07) is 164. The predicted molar refractivity (Wildman–Crippen MR) is 579 cm³/mol. The highest BCUT2D eigenvalue weighted by Gasteiger charge is 2.28. The van der Waals surface area contributed by atoms with Crippen molar-refractivity contribution < 1.29 is 13.3 Å². The molecule has 0 radical (unpaired) electrons. The van der Waals surface area contributed by atoms with Crippen molar-refractivity contribution in [3.63, 3.8) is 0 Å². The van der Waals surface area contributed by atoms with Crippen LogP contribution in [0, 0.1) is 29.2 Å². The van der Waals surface area contributed by atoms with Crippen molar-refractivity contribution in [2.45, 2.75) is 0 Å². The molecule has 9 aromatic heterocycles. The third-order valence-electron chi connectivity index (χ3n) is 28.6. The van der Waals surface area contributed by atoms with Crippen LogP contribution < -0.4 is 0 Å². The lowest BCUT2D eigenvalue weighted by atomic mass is 9.97. The summed E-state index contributed by atoms with van der Waals surface area (Å²) in [4.78, 5) is 3.83. The second-order valence-corrected chi connectivity index (χ2v) is 36.1. The Morgan fingerprint density at radius 1 is 0.213 bits per heavy atom. The van der Waals surface area contributed by atoms with Gasteiger partial charge in [0, 0.05) is 131 Å². The van der Waals surface area contributed by atoms with Crippen molar-refractivity contribution in [1.82, 2.24) is 27.4 Å². The molecule has 0 unspecified atom stereocenters. The van der Waals surface area contributed by atoms with Gasteiger partial charge in [-0.3, -0.25) is 0 Å². The SMILES string of the molecule is N#Cc1ccc(-n2c3ccccc3c3ccccc32)c(-c2cccc(-n3c4ccccc4c4c5c(ccc43)oc3ccccc35)c2)c1.N#Cc1cccc(-n2c3ccccc3c3ccccc32)c1-c1cccc(-n2c3ccccc3c3c4oc5ccccc5c4ccc32)c1.[C-]#[N+]c1ccc(-c2cccc(-n3c4ccccc4c4cc5oc6ccccc6c5cc43)c2)c(-n2c3ccccc3c3ccccc32)c1. The molecule has 12 heteroatoms. The number of hydrogen-bond donors (Lipinski definition) is 0. The molecule has 21 aromatic carbocycles. The normalized spacial score (nSPS) is 11.8. The second-order valence-electron chi connectivity index (χ2n) is 36.1. The summed E-state index contributed by atoms with van der Waals surface area (Å²) >= 11 is 0. The molecule has 30 rings (SSSR count). The fourth-order valence-corrected chi connectivity index (χ4v) is 22.7. The Morgan fingerprint density at radius 2 is 0.617 bits per heavy atom. The Bertz CT molecular complexity index is 10500. The smallest absolute Gasteiger partial charge is 0.189 e. The zero-order valence-corrected chi connectivity index (χ0v) is 75.6. The van der Waals surface area contributed by atoms with E-state index in [2.05, 4.69) is 427 Å². The van der Waals surface area contributed by atoms with Crippen LogP contribution in [-0.2, 0) is 0 Å². The molecule has 0 saturated heterocycles. The quantitative estimate of drug-likeness (QED) is 0.133. The third kappa shape index (κ3) is 12.3. The maximum absolute atomic E-state index is 10.4. The molecule has 0 saturated carbocycles. The predicted octanol–water partition coefficient (Wildman–Crippen LogP) is 34.6. The molecule has 0 atom stereocenters. The zero-order valence-electron chi connectivity index (χ0n) is 75.6. The van der Waals surface area contributed by atoms with Gasteiger partial charge in [-0.15, -0.1) is 0 Å². The molecule has 0 fully saturated rings. The zero-order chi connectivity index (χ0) is 93.2. The number of hydrogen-bond acceptors (Lipinski definition) is 5. The van der Waals surface area contributed by atoms with Crippen molar-refractivity contribution in [3.05, 3.63) is 478 Å². The van der Waals surface area contributed by atoms with Crippen LogP contribution in [0.5, 0.6) is 0 Å².